The third kappa shape index (κ3) is 4.36. The van der Waals surface area contributed by atoms with Crippen molar-refractivity contribution in [2.75, 3.05) is 6.54 Å². The van der Waals surface area contributed by atoms with E-state index in [9.17, 15) is 14.4 Å². The molecule has 0 spiro atoms. The lowest BCUT2D eigenvalue weighted by molar-refractivity contribution is -0.138. The Bertz CT molecular complexity index is 771. The van der Waals surface area contributed by atoms with Crippen molar-refractivity contribution < 1.29 is 14.7 Å². The number of rotatable bonds is 7. The number of aromatic amines is 1. The molecule has 0 saturated carbocycles. The fourth-order valence-electron chi connectivity index (χ4n) is 2.08. The van der Waals surface area contributed by atoms with E-state index < -0.39 is 23.5 Å². The normalized spacial score (nSPS) is 12.0. The molecule has 1 amide bonds. The number of aromatic nitrogens is 2. The first-order valence-corrected chi connectivity index (χ1v) is 7.24. The molecular weight excluding hydrogens is 300 g/mol. The number of carboxylic acids is 1. The Hall–Kier alpha value is -2.74. The van der Waals surface area contributed by atoms with Crippen molar-refractivity contribution in [3.63, 3.8) is 0 Å². The van der Waals surface area contributed by atoms with Crippen molar-refractivity contribution in [2.45, 2.75) is 25.3 Å². The number of para-hydroxylation sites is 2. The molecule has 0 radical (unpaired) electrons. The summed E-state index contributed by atoms with van der Waals surface area (Å²) >= 11 is 0. The number of fused-ring (bicyclic) bond motifs is 1. The Morgan fingerprint density at radius 1 is 1.30 bits per heavy atom. The zero-order valence-corrected chi connectivity index (χ0v) is 12.4. The van der Waals surface area contributed by atoms with Crippen molar-refractivity contribution >= 4 is 22.9 Å². The van der Waals surface area contributed by atoms with Crippen LogP contribution in [0.5, 0.6) is 0 Å². The van der Waals surface area contributed by atoms with Gasteiger partial charge in [0.2, 0.25) is 0 Å². The summed E-state index contributed by atoms with van der Waals surface area (Å²) < 4.78 is 0. The second-order valence-corrected chi connectivity index (χ2v) is 5.13. The van der Waals surface area contributed by atoms with Crippen LogP contribution < -0.4 is 16.6 Å². The van der Waals surface area contributed by atoms with Crippen molar-refractivity contribution in [1.29, 1.82) is 0 Å². The Labute approximate surface area is 131 Å². The second-order valence-electron chi connectivity index (χ2n) is 5.13. The van der Waals surface area contributed by atoms with Crippen molar-refractivity contribution in [1.82, 2.24) is 15.3 Å². The summed E-state index contributed by atoms with van der Waals surface area (Å²) in [5.74, 6) is -1.60. The highest BCUT2D eigenvalue weighted by Crippen LogP contribution is 2.06. The number of nitrogens with two attached hydrogens (primary N) is 1. The lowest BCUT2D eigenvalue weighted by Crippen LogP contribution is -2.32. The third-order valence-corrected chi connectivity index (χ3v) is 3.36. The number of hydrogen-bond donors (Lipinski definition) is 4. The summed E-state index contributed by atoms with van der Waals surface area (Å²) in [7, 11) is 0. The number of benzene rings is 1. The van der Waals surface area contributed by atoms with E-state index in [-0.39, 0.29) is 5.69 Å². The molecule has 0 fully saturated rings. The number of H-pyrrole nitrogens is 1. The standard InChI is InChI=1S/C15H18N4O4/c16-9(15(22)23)5-3-4-8-17-13(20)12-14(21)19-11-7-2-1-6-10(11)18-12/h1-2,6-7,9H,3-5,8,16H2,(H,17,20)(H,19,21)(H,22,23)/t9-/m0/s1. The van der Waals surface area contributed by atoms with Gasteiger partial charge in [0.25, 0.3) is 11.5 Å². The van der Waals surface area contributed by atoms with E-state index >= 15 is 0 Å². The van der Waals surface area contributed by atoms with Crippen LogP contribution in [0.2, 0.25) is 0 Å². The lowest BCUT2D eigenvalue weighted by atomic mass is 10.1. The van der Waals surface area contributed by atoms with Gasteiger partial charge in [0.1, 0.15) is 6.04 Å². The number of carboxylic acid groups (broad SMARTS) is 1. The van der Waals surface area contributed by atoms with Gasteiger partial charge in [-0.15, -0.1) is 0 Å². The second kappa shape index (κ2) is 7.50. The van der Waals surface area contributed by atoms with Crippen LogP contribution >= 0.6 is 0 Å². The molecule has 122 valence electrons. The Balaban J connectivity index is 1.90. The van der Waals surface area contributed by atoms with Crippen LogP contribution in [-0.4, -0.2) is 39.5 Å². The fourth-order valence-corrected chi connectivity index (χ4v) is 2.08. The minimum atomic E-state index is -1.04. The van der Waals surface area contributed by atoms with Crippen LogP contribution in [0.3, 0.4) is 0 Å². The number of unbranched alkanes of at least 4 members (excludes halogenated alkanes) is 1. The highest BCUT2D eigenvalue weighted by molar-refractivity contribution is 5.93. The van der Waals surface area contributed by atoms with E-state index in [0.717, 1.165) is 0 Å². The molecule has 0 bridgehead atoms. The number of nitrogens with zero attached hydrogens (tertiary/aromatic N) is 1. The molecule has 2 aromatic rings. The summed E-state index contributed by atoms with van der Waals surface area (Å²) in [5, 5.41) is 11.2. The maximum Gasteiger partial charge on any atom is 0.320 e. The van der Waals surface area contributed by atoms with Crippen molar-refractivity contribution in [2.24, 2.45) is 5.73 Å². The molecule has 0 aliphatic heterocycles. The van der Waals surface area contributed by atoms with E-state index in [1.807, 2.05) is 0 Å². The minimum absolute atomic E-state index is 0.189. The van der Waals surface area contributed by atoms with E-state index in [4.69, 9.17) is 10.8 Å². The molecule has 5 N–H and O–H groups in total. The van der Waals surface area contributed by atoms with E-state index in [1.165, 1.54) is 0 Å². The van der Waals surface area contributed by atoms with Gasteiger partial charge in [0, 0.05) is 6.54 Å². The van der Waals surface area contributed by atoms with Gasteiger partial charge in [-0.1, -0.05) is 12.1 Å². The highest BCUT2D eigenvalue weighted by Gasteiger charge is 2.14. The zero-order valence-electron chi connectivity index (χ0n) is 12.4. The Morgan fingerprint density at radius 3 is 2.78 bits per heavy atom. The number of amides is 1. The minimum Gasteiger partial charge on any atom is -0.480 e. The average Bonchev–Trinajstić information content (AvgIpc) is 2.53. The quantitative estimate of drug-likeness (QED) is 0.539. The number of aliphatic carboxylic acids is 1. The van der Waals surface area contributed by atoms with E-state index in [1.54, 1.807) is 24.3 Å². The molecule has 0 aliphatic carbocycles. The van der Waals surface area contributed by atoms with Crippen LogP contribution in [0.25, 0.3) is 11.0 Å². The predicted octanol–water partition coefficient (Wildman–Crippen LogP) is 0.235. The molecule has 1 atom stereocenters. The van der Waals surface area contributed by atoms with Gasteiger partial charge in [-0.05, 0) is 31.4 Å². The zero-order chi connectivity index (χ0) is 16.8. The number of nitrogens with one attached hydrogen (secondary N) is 2. The van der Waals surface area contributed by atoms with Crippen LogP contribution in [0.1, 0.15) is 29.8 Å². The first-order chi connectivity index (χ1) is 11.0. The first kappa shape index (κ1) is 16.6. The number of hydrogen-bond acceptors (Lipinski definition) is 5. The number of carbonyl (C=O) groups excluding carboxylic acids is 1. The van der Waals surface area contributed by atoms with Crippen LogP contribution in [-0.2, 0) is 4.79 Å². The molecule has 8 heteroatoms. The summed E-state index contributed by atoms with van der Waals surface area (Å²) in [6.07, 6.45) is 1.47. The molecule has 8 nitrogen and oxygen atoms in total. The van der Waals surface area contributed by atoms with Gasteiger partial charge in [0.05, 0.1) is 11.0 Å². The van der Waals surface area contributed by atoms with Gasteiger partial charge in [0.15, 0.2) is 5.69 Å². The summed E-state index contributed by atoms with van der Waals surface area (Å²) in [6, 6.07) is 6.05. The van der Waals surface area contributed by atoms with Crippen molar-refractivity contribution in [3.8, 4) is 0 Å². The van der Waals surface area contributed by atoms with Crippen molar-refractivity contribution in [3.05, 3.63) is 40.3 Å². The molecular formula is C15H18N4O4. The van der Waals surface area contributed by atoms with Crippen LogP contribution in [0, 0.1) is 0 Å². The average molecular weight is 318 g/mol. The van der Waals surface area contributed by atoms with E-state index in [2.05, 4.69) is 15.3 Å². The largest absolute Gasteiger partial charge is 0.480 e. The molecule has 0 aliphatic rings. The maximum atomic E-state index is 12.0. The van der Waals surface area contributed by atoms with Crippen LogP contribution in [0.4, 0.5) is 0 Å². The smallest absolute Gasteiger partial charge is 0.320 e. The fraction of sp³-hybridized carbons (Fsp3) is 0.333. The predicted molar refractivity (Wildman–Crippen MR) is 84.2 cm³/mol. The SMILES string of the molecule is N[C@@H](CCCCNC(=O)c1nc2ccccc2[nH]c1=O)C(=O)O. The molecule has 0 saturated heterocycles. The first-order valence-electron chi connectivity index (χ1n) is 7.24. The van der Waals surface area contributed by atoms with Gasteiger partial charge in [-0.25, -0.2) is 4.98 Å². The monoisotopic (exact) mass is 318 g/mol. The molecule has 1 aromatic heterocycles. The topological polar surface area (TPSA) is 138 Å². The lowest BCUT2D eigenvalue weighted by Gasteiger charge is -2.07. The molecule has 0 unspecified atom stereocenters. The highest BCUT2D eigenvalue weighted by atomic mass is 16.4. The summed E-state index contributed by atoms with van der Waals surface area (Å²) in [5.41, 5.74) is 5.74. The van der Waals surface area contributed by atoms with E-state index in [0.29, 0.717) is 36.8 Å². The molecule has 2 rings (SSSR count). The number of carbonyl (C=O) groups is 2. The molecule has 1 heterocycles. The van der Waals surface area contributed by atoms with Gasteiger partial charge in [-0.3, -0.25) is 14.4 Å². The summed E-state index contributed by atoms with van der Waals surface area (Å²) in [4.78, 5) is 41.1. The Morgan fingerprint density at radius 2 is 2.04 bits per heavy atom. The summed E-state index contributed by atoms with van der Waals surface area (Å²) in [6.45, 7) is 0.319. The van der Waals surface area contributed by atoms with Crippen LogP contribution in [0.15, 0.2) is 29.1 Å². The maximum absolute atomic E-state index is 12.0. The third-order valence-electron chi connectivity index (χ3n) is 3.36. The van der Waals surface area contributed by atoms with Gasteiger partial charge >= 0.3 is 5.97 Å². The Kier molecular flexibility index (Phi) is 5.42. The molecule has 1 aromatic carbocycles. The van der Waals surface area contributed by atoms with Gasteiger partial charge < -0.3 is 21.1 Å². The molecule has 23 heavy (non-hydrogen) atoms. The van der Waals surface area contributed by atoms with Gasteiger partial charge in [-0.2, -0.15) is 0 Å².